The molecule has 7 rings (SSSR count). The van der Waals surface area contributed by atoms with E-state index in [-0.39, 0.29) is 61.3 Å². The van der Waals surface area contributed by atoms with Gasteiger partial charge in [-0.3, -0.25) is 14.5 Å². The molecule has 3 aliphatic rings. The Morgan fingerprint density at radius 2 is 1.59 bits per heavy atom. The number of nitrogens with one attached hydrogen (secondary N) is 1. The number of benzene rings is 3. The molecule has 13 nitrogen and oxygen atoms in total. The van der Waals surface area contributed by atoms with Gasteiger partial charge in [0.25, 0.3) is 11.5 Å². The third-order valence-electron chi connectivity index (χ3n) is 11.2. The van der Waals surface area contributed by atoms with E-state index in [9.17, 15) is 32.3 Å². The molecule has 0 unspecified atom stereocenters. The van der Waals surface area contributed by atoms with Crippen LogP contribution in [0.4, 0.5) is 29.3 Å². The van der Waals surface area contributed by atoms with Crippen LogP contribution < -0.4 is 16.2 Å². The molecule has 0 aliphatic carbocycles. The number of anilines is 2. The highest BCUT2D eigenvalue weighted by molar-refractivity contribution is 6.33. The molecule has 314 valence electrons. The van der Waals surface area contributed by atoms with Crippen LogP contribution in [0.3, 0.4) is 0 Å². The fourth-order valence-corrected chi connectivity index (χ4v) is 8.07. The van der Waals surface area contributed by atoms with Crippen LogP contribution >= 0.6 is 11.6 Å². The summed E-state index contributed by atoms with van der Waals surface area (Å²) in [7, 11) is 0. The summed E-state index contributed by atoms with van der Waals surface area (Å²) in [6, 6.07) is 18.4. The van der Waals surface area contributed by atoms with Gasteiger partial charge in [-0.05, 0) is 78.2 Å². The van der Waals surface area contributed by atoms with Gasteiger partial charge in [0, 0.05) is 82.1 Å². The van der Waals surface area contributed by atoms with Crippen LogP contribution in [0.2, 0.25) is 5.02 Å². The first kappa shape index (κ1) is 41.8. The summed E-state index contributed by atoms with van der Waals surface area (Å²) in [6.45, 7) is 5.60. The molecule has 4 aromatic rings. The smallest absolute Gasteiger partial charge is 0.418 e. The van der Waals surface area contributed by atoms with Crippen LogP contribution in [0, 0.1) is 0 Å². The van der Waals surface area contributed by atoms with Crippen molar-refractivity contribution in [2.75, 3.05) is 89.4 Å². The van der Waals surface area contributed by atoms with Crippen molar-refractivity contribution in [3.8, 4) is 0 Å². The van der Waals surface area contributed by atoms with Crippen LogP contribution in [-0.4, -0.2) is 122 Å². The Hall–Kier alpha value is -5.32. The number of aromatic amines is 1. The van der Waals surface area contributed by atoms with Crippen molar-refractivity contribution in [2.45, 2.75) is 37.5 Å². The van der Waals surface area contributed by atoms with E-state index in [1.54, 1.807) is 12.1 Å². The second kappa shape index (κ2) is 18.3. The number of carbonyl (C=O) groups excluding carboxylic acids is 3. The number of para-hydroxylation sites is 1. The lowest BCUT2D eigenvalue weighted by Crippen LogP contribution is -2.53. The minimum atomic E-state index is -4.81. The number of morpholine rings is 1. The van der Waals surface area contributed by atoms with Crippen LogP contribution in [-0.2, 0) is 31.6 Å². The number of amides is 2. The molecule has 3 saturated heterocycles. The summed E-state index contributed by atoms with van der Waals surface area (Å²) in [6.07, 6.45) is -6.50. The SMILES string of the molecule is Nc1c(Cl)cc(C[C@@H](OC(=O)N2CCC(c3cc4ccccc4[nH]c3=O)CC2)C(=O)N2CCN(c3ccc(C(=O)OCCN4CCOCC4)cc3)CC2)cc1C(F)(F)F. The summed E-state index contributed by atoms with van der Waals surface area (Å²) >= 11 is 6.13. The molecule has 0 bridgehead atoms. The summed E-state index contributed by atoms with van der Waals surface area (Å²) in [5, 5.41) is 0.562. The predicted molar refractivity (Wildman–Crippen MR) is 216 cm³/mol. The number of carbonyl (C=O) groups is 3. The highest BCUT2D eigenvalue weighted by Gasteiger charge is 2.37. The molecule has 3 aromatic carbocycles. The van der Waals surface area contributed by atoms with Crippen LogP contribution in [0.15, 0.2) is 71.5 Å². The standard InChI is InChI=1S/C42H46ClF3N6O7/c43-34-24-27(23-33(37(34)47)42(44,45)46)25-36(59-41(56)52-11-9-28(10-12-52)32-26-30-3-1-2-4-35(30)48-38(32)53)39(54)51-15-13-50(14-16-51)31-7-5-29(6-8-31)40(55)58-22-19-49-17-20-57-21-18-49/h1-8,23-24,26,28,36H,9-22,25,47H2,(H,48,53)/t36-/m1/s1. The molecule has 59 heavy (non-hydrogen) atoms. The first-order valence-corrected chi connectivity index (χ1v) is 20.1. The van der Waals surface area contributed by atoms with Gasteiger partial charge in [-0.15, -0.1) is 0 Å². The van der Waals surface area contributed by atoms with Crippen molar-refractivity contribution in [1.29, 1.82) is 0 Å². The second-order valence-corrected chi connectivity index (χ2v) is 15.4. The average Bonchev–Trinajstić information content (AvgIpc) is 3.24. The van der Waals surface area contributed by atoms with E-state index in [2.05, 4.69) is 9.88 Å². The van der Waals surface area contributed by atoms with Gasteiger partial charge in [-0.2, -0.15) is 13.2 Å². The molecule has 3 aliphatic heterocycles. The minimum absolute atomic E-state index is 0.0234. The van der Waals surface area contributed by atoms with E-state index in [1.165, 1.54) is 15.9 Å². The number of alkyl halides is 3. The number of nitrogens with two attached hydrogens (primary N) is 1. The van der Waals surface area contributed by atoms with E-state index >= 15 is 0 Å². The average molecular weight is 839 g/mol. The van der Waals surface area contributed by atoms with Crippen LogP contribution in [0.25, 0.3) is 10.9 Å². The lowest BCUT2D eigenvalue weighted by atomic mass is 9.89. The molecule has 1 atom stereocenters. The fraction of sp³-hybridized carbons (Fsp3) is 0.429. The summed E-state index contributed by atoms with van der Waals surface area (Å²) < 4.78 is 58.3. The number of pyridine rings is 1. The highest BCUT2D eigenvalue weighted by atomic mass is 35.5. The first-order valence-electron chi connectivity index (χ1n) is 19.7. The van der Waals surface area contributed by atoms with Gasteiger partial charge < -0.3 is 39.6 Å². The van der Waals surface area contributed by atoms with Gasteiger partial charge in [0.15, 0.2) is 6.10 Å². The topological polar surface area (TPSA) is 151 Å². The van der Waals surface area contributed by atoms with Crippen LogP contribution in [0.1, 0.15) is 45.8 Å². The van der Waals surface area contributed by atoms with Gasteiger partial charge in [0.1, 0.15) is 6.61 Å². The molecule has 2 amide bonds. The zero-order valence-electron chi connectivity index (χ0n) is 32.3. The quantitative estimate of drug-likeness (QED) is 0.154. The molecular formula is C42H46ClF3N6O7. The molecule has 1 aromatic heterocycles. The Morgan fingerprint density at radius 1 is 0.898 bits per heavy atom. The molecule has 0 spiro atoms. The molecule has 4 heterocycles. The number of halogens is 4. The number of ether oxygens (including phenoxy) is 3. The number of hydrogen-bond acceptors (Lipinski definition) is 10. The van der Waals surface area contributed by atoms with E-state index in [0.717, 1.165) is 35.7 Å². The Labute approximate surface area is 343 Å². The zero-order chi connectivity index (χ0) is 41.7. The van der Waals surface area contributed by atoms with E-state index in [4.69, 9.17) is 31.5 Å². The Bertz CT molecular complexity index is 2200. The second-order valence-electron chi connectivity index (χ2n) is 15.0. The number of piperidine rings is 1. The van der Waals surface area contributed by atoms with Crippen molar-refractivity contribution >= 4 is 51.8 Å². The van der Waals surface area contributed by atoms with E-state index in [1.807, 2.05) is 47.4 Å². The summed E-state index contributed by atoms with van der Waals surface area (Å²) in [4.78, 5) is 63.5. The van der Waals surface area contributed by atoms with Gasteiger partial charge >= 0.3 is 18.2 Å². The molecule has 0 radical (unpaired) electrons. The van der Waals surface area contributed by atoms with Crippen molar-refractivity contribution in [2.24, 2.45) is 0 Å². The van der Waals surface area contributed by atoms with Crippen molar-refractivity contribution < 1.29 is 41.8 Å². The number of hydrogen-bond donors (Lipinski definition) is 2. The highest BCUT2D eigenvalue weighted by Crippen LogP contribution is 2.38. The lowest BCUT2D eigenvalue weighted by Gasteiger charge is -2.38. The summed E-state index contributed by atoms with van der Waals surface area (Å²) in [5.41, 5.74) is 6.31. The van der Waals surface area contributed by atoms with Crippen molar-refractivity contribution in [1.82, 2.24) is 19.7 Å². The van der Waals surface area contributed by atoms with Crippen molar-refractivity contribution in [3.05, 3.63) is 104 Å². The number of rotatable bonds is 10. The maximum Gasteiger partial charge on any atom is 0.418 e. The minimum Gasteiger partial charge on any atom is -0.461 e. The maximum atomic E-state index is 14.1. The number of esters is 1. The number of nitrogen functional groups attached to an aromatic ring is 1. The monoisotopic (exact) mass is 838 g/mol. The number of H-pyrrole nitrogens is 1. The Kier molecular flexibility index (Phi) is 13.0. The van der Waals surface area contributed by atoms with Gasteiger partial charge in [-0.25, -0.2) is 9.59 Å². The number of aromatic nitrogens is 1. The Morgan fingerprint density at radius 3 is 2.29 bits per heavy atom. The third kappa shape index (κ3) is 10.1. The largest absolute Gasteiger partial charge is 0.461 e. The Balaban J connectivity index is 0.991. The predicted octanol–water partition coefficient (Wildman–Crippen LogP) is 5.55. The number of likely N-dealkylation sites (tertiary alicyclic amines) is 1. The number of piperazine rings is 1. The molecule has 0 saturated carbocycles. The normalized spacial score (nSPS) is 17.5. The van der Waals surface area contributed by atoms with Gasteiger partial charge in [0.2, 0.25) is 0 Å². The first-order chi connectivity index (χ1) is 28.3. The fourth-order valence-electron chi connectivity index (χ4n) is 7.83. The van der Waals surface area contributed by atoms with Gasteiger partial charge in [-0.1, -0.05) is 29.8 Å². The van der Waals surface area contributed by atoms with E-state index in [0.29, 0.717) is 56.8 Å². The summed E-state index contributed by atoms with van der Waals surface area (Å²) in [5.74, 6) is -1.10. The molecular weight excluding hydrogens is 793 g/mol. The maximum absolute atomic E-state index is 14.1. The van der Waals surface area contributed by atoms with Gasteiger partial charge in [0.05, 0.1) is 35.1 Å². The molecule has 3 fully saturated rings. The molecule has 3 N–H and O–H groups in total. The van der Waals surface area contributed by atoms with Crippen LogP contribution in [0.5, 0.6) is 0 Å². The number of nitrogens with zero attached hydrogens (tertiary/aromatic N) is 4. The third-order valence-corrected chi connectivity index (χ3v) is 11.5. The number of fused-ring (bicyclic) bond motifs is 1. The zero-order valence-corrected chi connectivity index (χ0v) is 33.1. The van der Waals surface area contributed by atoms with E-state index < -0.39 is 41.5 Å². The van der Waals surface area contributed by atoms with Crippen molar-refractivity contribution in [3.63, 3.8) is 0 Å². The lowest BCUT2D eigenvalue weighted by molar-refractivity contribution is -0.141. The molecule has 17 heteroatoms.